The summed E-state index contributed by atoms with van der Waals surface area (Å²) in [6.45, 7) is 3.66. The molecule has 0 aromatic heterocycles. The highest BCUT2D eigenvalue weighted by atomic mass is 79.9. The largest absolute Gasteiger partial charge is 0.484 e. The zero-order valence-electron chi connectivity index (χ0n) is 18.9. The number of rotatable bonds is 7. The highest BCUT2D eigenvalue weighted by molar-refractivity contribution is 9.10. The second-order valence-electron chi connectivity index (χ2n) is 7.48. The molecule has 0 spiro atoms. The average Bonchev–Trinajstić information content (AvgIpc) is 2.82. The molecule has 0 radical (unpaired) electrons. The van der Waals surface area contributed by atoms with Crippen LogP contribution in [0.5, 0.6) is 5.75 Å². The Balaban J connectivity index is 1.45. The summed E-state index contributed by atoms with van der Waals surface area (Å²) < 4.78 is 19.4. The number of hydrogen-bond acceptors (Lipinski definition) is 5. The molecule has 0 aliphatic heterocycles. The molecular weight excluding hydrogens is 519 g/mol. The van der Waals surface area contributed by atoms with Crippen LogP contribution < -0.4 is 20.8 Å². The van der Waals surface area contributed by atoms with Crippen LogP contribution in [0.2, 0.25) is 0 Å². The van der Waals surface area contributed by atoms with Crippen LogP contribution in [-0.4, -0.2) is 30.5 Å². The first-order valence-corrected chi connectivity index (χ1v) is 11.2. The van der Waals surface area contributed by atoms with Crippen LogP contribution in [0.25, 0.3) is 0 Å². The molecule has 8 nitrogen and oxygen atoms in total. The Labute approximate surface area is 209 Å². The van der Waals surface area contributed by atoms with Gasteiger partial charge in [-0.1, -0.05) is 15.9 Å². The molecule has 10 heteroatoms. The van der Waals surface area contributed by atoms with E-state index in [2.05, 4.69) is 37.1 Å². The van der Waals surface area contributed by atoms with E-state index in [1.165, 1.54) is 18.3 Å². The van der Waals surface area contributed by atoms with Gasteiger partial charge in [0.25, 0.3) is 5.91 Å². The van der Waals surface area contributed by atoms with Gasteiger partial charge in [-0.3, -0.25) is 14.4 Å². The van der Waals surface area contributed by atoms with E-state index in [1.54, 1.807) is 24.3 Å². The number of carbonyl (C=O) groups is 3. The van der Waals surface area contributed by atoms with E-state index in [0.717, 1.165) is 33.4 Å². The summed E-state index contributed by atoms with van der Waals surface area (Å²) in [7, 11) is 0. The van der Waals surface area contributed by atoms with Crippen molar-refractivity contribution in [3.05, 3.63) is 87.6 Å². The normalized spacial score (nSPS) is 10.6. The first-order valence-electron chi connectivity index (χ1n) is 10.4. The van der Waals surface area contributed by atoms with E-state index in [9.17, 15) is 18.8 Å². The zero-order chi connectivity index (χ0) is 25.4. The van der Waals surface area contributed by atoms with E-state index in [0.29, 0.717) is 11.3 Å². The average molecular weight is 541 g/mol. The fourth-order valence-corrected chi connectivity index (χ4v) is 3.71. The number of anilines is 2. The van der Waals surface area contributed by atoms with Crippen LogP contribution in [0, 0.1) is 19.7 Å². The lowest BCUT2D eigenvalue weighted by molar-refractivity contribution is -0.136. The van der Waals surface area contributed by atoms with Gasteiger partial charge in [0.1, 0.15) is 11.6 Å². The van der Waals surface area contributed by atoms with Crippen molar-refractivity contribution >= 4 is 51.2 Å². The maximum absolute atomic E-state index is 12.9. The fraction of sp³-hybridized carbons (Fsp3) is 0.120. The lowest BCUT2D eigenvalue weighted by Crippen LogP contribution is -2.32. The molecule has 180 valence electrons. The molecule has 0 aliphatic rings. The van der Waals surface area contributed by atoms with Crippen molar-refractivity contribution in [1.82, 2.24) is 5.43 Å². The van der Waals surface area contributed by atoms with Gasteiger partial charge in [-0.25, -0.2) is 9.82 Å². The zero-order valence-corrected chi connectivity index (χ0v) is 20.5. The Kier molecular flexibility index (Phi) is 8.69. The Hall–Kier alpha value is -4.05. The molecule has 3 N–H and O–H groups in total. The molecule has 35 heavy (non-hydrogen) atoms. The van der Waals surface area contributed by atoms with Crippen LogP contribution in [0.1, 0.15) is 16.7 Å². The molecule has 0 atom stereocenters. The van der Waals surface area contributed by atoms with Crippen LogP contribution in [0.3, 0.4) is 0 Å². The number of benzene rings is 3. The molecule has 0 bridgehead atoms. The molecule has 3 aromatic carbocycles. The van der Waals surface area contributed by atoms with E-state index in [-0.39, 0.29) is 18.2 Å². The van der Waals surface area contributed by atoms with Gasteiger partial charge in [0.2, 0.25) is 0 Å². The predicted molar refractivity (Wildman–Crippen MR) is 135 cm³/mol. The summed E-state index contributed by atoms with van der Waals surface area (Å²) in [4.78, 5) is 35.9. The first kappa shape index (κ1) is 25.6. The molecule has 3 amide bonds. The second-order valence-corrected chi connectivity index (χ2v) is 8.40. The summed E-state index contributed by atoms with van der Waals surface area (Å²) in [5.74, 6) is -2.19. The Bertz CT molecular complexity index is 1240. The monoisotopic (exact) mass is 540 g/mol. The molecule has 0 unspecified atom stereocenters. The molecular formula is C25H22BrFN4O4. The minimum Gasteiger partial charge on any atom is -0.484 e. The molecule has 0 saturated heterocycles. The summed E-state index contributed by atoms with van der Waals surface area (Å²) >= 11 is 3.43. The number of ether oxygens (including phenoxy) is 1. The maximum atomic E-state index is 12.9. The van der Waals surface area contributed by atoms with Gasteiger partial charge >= 0.3 is 11.8 Å². The van der Waals surface area contributed by atoms with E-state index in [1.807, 2.05) is 26.0 Å². The van der Waals surface area contributed by atoms with Gasteiger partial charge in [0.05, 0.1) is 6.21 Å². The van der Waals surface area contributed by atoms with Crippen molar-refractivity contribution in [2.24, 2.45) is 5.10 Å². The quantitative estimate of drug-likeness (QED) is 0.235. The molecule has 0 heterocycles. The van der Waals surface area contributed by atoms with Gasteiger partial charge in [0.15, 0.2) is 6.61 Å². The van der Waals surface area contributed by atoms with Crippen molar-refractivity contribution < 1.29 is 23.5 Å². The van der Waals surface area contributed by atoms with E-state index >= 15 is 0 Å². The van der Waals surface area contributed by atoms with E-state index < -0.39 is 17.6 Å². The SMILES string of the molecule is Cc1cc(Br)cc(C)c1NC(=O)COc1ccc(/C=N\NC(=O)C(=O)Nc2ccc(F)cc2)cc1. The van der Waals surface area contributed by atoms with Crippen molar-refractivity contribution in [2.45, 2.75) is 13.8 Å². The number of amides is 3. The summed E-state index contributed by atoms with van der Waals surface area (Å²) in [6, 6.07) is 15.5. The number of hydrazone groups is 1. The Morgan fingerprint density at radius 2 is 1.57 bits per heavy atom. The molecule has 0 aliphatic carbocycles. The number of carbonyl (C=O) groups excluding carboxylic acids is 3. The fourth-order valence-electron chi connectivity index (χ4n) is 3.02. The van der Waals surface area contributed by atoms with Crippen LogP contribution in [-0.2, 0) is 14.4 Å². The second kappa shape index (κ2) is 11.9. The molecule has 0 saturated carbocycles. The van der Waals surface area contributed by atoms with Gasteiger partial charge in [-0.15, -0.1) is 0 Å². The minimum absolute atomic E-state index is 0.165. The van der Waals surface area contributed by atoms with Gasteiger partial charge in [-0.2, -0.15) is 5.10 Å². The van der Waals surface area contributed by atoms with Crippen molar-refractivity contribution in [3.63, 3.8) is 0 Å². The number of hydrogen-bond donors (Lipinski definition) is 3. The number of nitrogens with one attached hydrogen (secondary N) is 3. The topological polar surface area (TPSA) is 109 Å². The minimum atomic E-state index is -0.979. The maximum Gasteiger partial charge on any atom is 0.329 e. The van der Waals surface area contributed by atoms with Crippen LogP contribution in [0.15, 0.2) is 70.2 Å². The lowest BCUT2D eigenvalue weighted by atomic mass is 10.1. The van der Waals surface area contributed by atoms with Crippen molar-refractivity contribution in [3.8, 4) is 5.75 Å². The number of aryl methyl sites for hydroxylation is 2. The molecule has 3 aromatic rings. The predicted octanol–water partition coefficient (Wildman–Crippen LogP) is 4.31. The van der Waals surface area contributed by atoms with Crippen LogP contribution >= 0.6 is 15.9 Å². The van der Waals surface area contributed by atoms with Gasteiger partial charge in [0, 0.05) is 15.8 Å². The van der Waals surface area contributed by atoms with E-state index in [4.69, 9.17) is 4.74 Å². The van der Waals surface area contributed by atoms with Crippen molar-refractivity contribution in [2.75, 3.05) is 17.2 Å². The third kappa shape index (κ3) is 7.75. The molecule has 0 fully saturated rings. The highest BCUT2D eigenvalue weighted by Crippen LogP contribution is 2.25. The third-order valence-electron chi connectivity index (χ3n) is 4.70. The summed E-state index contributed by atoms with van der Waals surface area (Å²) in [5.41, 5.74) is 5.65. The highest BCUT2D eigenvalue weighted by Gasteiger charge is 2.13. The number of halogens is 2. The lowest BCUT2D eigenvalue weighted by Gasteiger charge is -2.13. The van der Waals surface area contributed by atoms with Crippen molar-refractivity contribution in [1.29, 1.82) is 0 Å². The smallest absolute Gasteiger partial charge is 0.329 e. The Morgan fingerprint density at radius 3 is 2.20 bits per heavy atom. The standard InChI is InChI=1S/C25H22BrFN4O4/c1-15-11-18(26)12-16(2)23(15)30-22(32)14-35-21-9-3-17(4-10-21)13-28-31-25(34)24(33)29-20-7-5-19(27)6-8-20/h3-13H,14H2,1-2H3,(H,29,33)(H,30,32)(H,31,34)/b28-13-. The summed E-state index contributed by atoms with van der Waals surface area (Å²) in [5, 5.41) is 8.92. The van der Waals surface area contributed by atoms with Gasteiger partial charge < -0.3 is 15.4 Å². The molecule has 3 rings (SSSR count). The number of nitrogens with zero attached hydrogens (tertiary/aromatic N) is 1. The first-order chi connectivity index (χ1) is 16.7. The Morgan fingerprint density at radius 1 is 0.943 bits per heavy atom. The van der Waals surface area contributed by atoms with Gasteiger partial charge in [-0.05, 0) is 91.2 Å². The van der Waals surface area contributed by atoms with Crippen LogP contribution in [0.4, 0.5) is 15.8 Å². The summed E-state index contributed by atoms with van der Waals surface area (Å²) in [6.07, 6.45) is 1.35. The third-order valence-corrected chi connectivity index (χ3v) is 5.16.